The van der Waals surface area contributed by atoms with E-state index in [9.17, 15) is 4.39 Å². The average molecular weight is 349 g/mol. The normalized spacial score (nSPS) is 11.1. The Balaban J connectivity index is 1.95. The molecule has 0 fully saturated rings. The predicted molar refractivity (Wildman–Crippen MR) is 96.7 cm³/mol. The Hall–Kier alpha value is -3.35. The van der Waals surface area contributed by atoms with Crippen molar-refractivity contribution in [2.75, 3.05) is 5.32 Å². The van der Waals surface area contributed by atoms with Gasteiger partial charge in [0.25, 0.3) is 5.89 Å². The Morgan fingerprint density at radius 2 is 1.88 bits per heavy atom. The Bertz CT molecular complexity index is 1120. The zero-order valence-electron chi connectivity index (χ0n) is 14.5. The standard InChI is InChI=1S/C19H16FN5O/c1-10-4-6-13(20)8-16(10)24-17-14-7-5-11(2)22-18(14)21-9-15(17)19-23-12(3)25-26-19/h4-9H,1-3H3,(H,21,22,24). The van der Waals surface area contributed by atoms with E-state index in [2.05, 4.69) is 25.4 Å². The van der Waals surface area contributed by atoms with Gasteiger partial charge in [0.2, 0.25) is 0 Å². The summed E-state index contributed by atoms with van der Waals surface area (Å²) in [6.45, 7) is 5.56. The molecule has 1 aromatic carbocycles. The number of halogens is 1. The van der Waals surface area contributed by atoms with Crippen LogP contribution in [0.2, 0.25) is 0 Å². The second-order valence-corrected chi connectivity index (χ2v) is 6.10. The van der Waals surface area contributed by atoms with Crippen LogP contribution in [0, 0.1) is 26.6 Å². The molecule has 0 atom stereocenters. The largest absolute Gasteiger partial charge is 0.354 e. The number of nitrogens with one attached hydrogen (secondary N) is 1. The first-order valence-corrected chi connectivity index (χ1v) is 8.11. The third-order valence-corrected chi connectivity index (χ3v) is 4.09. The van der Waals surface area contributed by atoms with Crippen molar-refractivity contribution in [1.29, 1.82) is 0 Å². The highest BCUT2D eigenvalue weighted by atomic mass is 19.1. The predicted octanol–water partition coefficient (Wildman–Crippen LogP) is 4.49. The van der Waals surface area contributed by atoms with Crippen LogP contribution in [-0.2, 0) is 0 Å². The van der Waals surface area contributed by atoms with Crippen LogP contribution in [0.1, 0.15) is 17.1 Å². The van der Waals surface area contributed by atoms with Gasteiger partial charge in [-0.15, -0.1) is 0 Å². The molecule has 0 aliphatic carbocycles. The second-order valence-electron chi connectivity index (χ2n) is 6.10. The van der Waals surface area contributed by atoms with Crippen LogP contribution in [0.5, 0.6) is 0 Å². The number of fused-ring (bicyclic) bond motifs is 1. The summed E-state index contributed by atoms with van der Waals surface area (Å²) in [6.07, 6.45) is 1.64. The summed E-state index contributed by atoms with van der Waals surface area (Å²) in [4.78, 5) is 13.2. The van der Waals surface area contributed by atoms with Gasteiger partial charge in [0.1, 0.15) is 5.82 Å². The quantitative estimate of drug-likeness (QED) is 0.587. The third-order valence-electron chi connectivity index (χ3n) is 4.09. The van der Waals surface area contributed by atoms with E-state index < -0.39 is 0 Å². The maximum absolute atomic E-state index is 13.7. The Labute approximate surface area is 149 Å². The summed E-state index contributed by atoms with van der Waals surface area (Å²) >= 11 is 0. The molecule has 0 aliphatic heterocycles. The second kappa shape index (κ2) is 6.18. The van der Waals surface area contributed by atoms with E-state index in [0.29, 0.717) is 34.3 Å². The third kappa shape index (κ3) is 2.88. The Morgan fingerprint density at radius 1 is 1.04 bits per heavy atom. The first-order chi connectivity index (χ1) is 12.5. The SMILES string of the molecule is Cc1ccc2c(Nc3cc(F)ccc3C)c(-c3nc(C)no3)cnc2n1. The van der Waals surface area contributed by atoms with Crippen molar-refractivity contribution >= 4 is 22.4 Å². The number of hydrogen-bond acceptors (Lipinski definition) is 6. The van der Waals surface area contributed by atoms with Crippen molar-refractivity contribution in [2.45, 2.75) is 20.8 Å². The molecule has 0 radical (unpaired) electrons. The number of pyridine rings is 2. The maximum atomic E-state index is 13.7. The monoisotopic (exact) mass is 349 g/mol. The molecule has 130 valence electrons. The molecule has 0 saturated carbocycles. The lowest BCUT2D eigenvalue weighted by molar-refractivity contribution is 0.425. The summed E-state index contributed by atoms with van der Waals surface area (Å²) in [6, 6.07) is 8.43. The minimum Gasteiger partial charge on any atom is -0.354 e. The molecule has 0 bridgehead atoms. The van der Waals surface area contributed by atoms with E-state index in [0.717, 1.165) is 16.6 Å². The highest BCUT2D eigenvalue weighted by Crippen LogP contribution is 2.35. The van der Waals surface area contributed by atoms with Crippen LogP contribution in [0.25, 0.3) is 22.5 Å². The van der Waals surface area contributed by atoms with Gasteiger partial charge < -0.3 is 9.84 Å². The topological polar surface area (TPSA) is 76.7 Å². The molecular formula is C19H16FN5O. The average Bonchev–Trinajstić information content (AvgIpc) is 3.04. The van der Waals surface area contributed by atoms with Crippen molar-refractivity contribution in [1.82, 2.24) is 20.1 Å². The van der Waals surface area contributed by atoms with Crippen molar-refractivity contribution in [2.24, 2.45) is 0 Å². The molecule has 4 rings (SSSR count). The van der Waals surface area contributed by atoms with E-state index in [1.54, 1.807) is 19.2 Å². The van der Waals surface area contributed by atoms with Gasteiger partial charge in [0, 0.05) is 23.0 Å². The number of nitrogens with zero attached hydrogens (tertiary/aromatic N) is 4. The van der Waals surface area contributed by atoms with Crippen LogP contribution < -0.4 is 5.32 Å². The van der Waals surface area contributed by atoms with Crippen LogP contribution in [0.3, 0.4) is 0 Å². The van der Waals surface area contributed by atoms with E-state index in [4.69, 9.17) is 4.52 Å². The van der Waals surface area contributed by atoms with Crippen molar-refractivity contribution in [3.05, 3.63) is 59.4 Å². The van der Waals surface area contributed by atoms with Gasteiger partial charge in [-0.3, -0.25) is 0 Å². The lowest BCUT2D eigenvalue weighted by Crippen LogP contribution is -2.00. The summed E-state index contributed by atoms with van der Waals surface area (Å²) in [7, 11) is 0. The minimum atomic E-state index is -0.319. The van der Waals surface area contributed by atoms with Gasteiger partial charge >= 0.3 is 0 Å². The maximum Gasteiger partial charge on any atom is 0.261 e. The molecule has 6 nitrogen and oxygen atoms in total. The van der Waals surface area contributed by atoms with Crippen LogP contribution in [-0.4, -0.2) is 20.1 Å². The van der Waals surface area contributed by atoms with Crippen LogP contribution >= 0.6 is 0 Å². The van der Waals surface area contributed by atoms with Gasteiger partial charge in [-0.2, -0.15) is 4.98 Å². The van der Waals surface area contributed by atoms with Crippen molar-refractivity contribution in [3.8, 4) is 11.5 Å². The summed E-state index contributed by atoms with van der Waals surface area (Å²) in [5, 5.41) is 7.94. The first kappa shape index (κ1) is 16.1. The Kier molecular flexibility index (Phi) is 3.84. The van der Waals surface area contributed by atoms with Gasteiger partial charge in [-0.1, -0.05) is 11.2 Å². The number of aryl methyl sites for hydroxylation is 3. The summed E-state index contributed by atoms with van der Waals surface area (Å²) < 4.78 is 19.1. The van der Waals surface area contributed by atoms with Crippen molar-refractivity contribution in [3.63, 3.8) is 0 Å². The lowest BCUT2D eigenvalue weighted by atomic mass is 10.1. The fraction of sp³-hybridized carbons (Fsp3) is 0.158. The molecule has 0 amide bonds. The van der Waals surface area contributed by atoms with Gasteiger partial charge in [-0.25, -0.2) is 14.4 Å². The number of aromatic nitrogens is 4. The molecule has 0 saturated heterocycles. The molecule has 1 N–H and O–H groups in total. The fourth-order valence-electron chi connectivity index (χ4n) is 2.74. The Morgan fingerprint density at radius 3 is 2.65 bits per heavy atom. The number of benzene rings is 1. The van der Waals surface area contributed by atoms with Crippen LogP contribution in [0.4, 0.5) is 15.8 Å². The summed E-state index contributed by atoms with van der Waals surface area (Å²) in [5.74, 6) is 0.546. The lowest BCUT2D eigenvalue weighted by Gasteiger charge is -2.14. The molecule has 7 heteroatoms. The van der Waals surface area contributed by atoms with Gasteiger partial charge in [-0.05, 0) is 50.6 Å². The molecule has 3 heterocycles. The number of hydrogen-bond donors (Lipinski definition) is 1. The van der Waals surface area contributed by atoms with Gasteiger partial charge in [0.05, 0.1) is 11.3 Å². The molecule has 0 spiro atoms. The zero-order chi connectivity index (χ0) is 18.3. The fourth-order valence-corrected chi connectivity index (χ4v) is 2.74. The van der Waals surface area contributed by atoms with E-state index in [1.807, 2.05) is 26.0 Å². The molecular weight excluding hydrogens is 333 g/mol. The molecule has 4 aromatic rings. The number of rotatable bonds is 3. The van der Waals surface area contributed by atoms with Crippen LogP contribution in [0.15, 0.2) is 41.1 Å². The molecule has 3 aromatic heterocycles. The molecule has 26 heavy (non-hydrogen) atoms. The van der Waals surface area contributed by atoms with Crippen molar-refractivity contribution < 1.29 is 8.91 Å². The van der Waals surface area contributed by atoms with E-state index in [1.165, 1.54) is 12.1 Å². The minimum absolute atomic E-state index is 0.319. The zero-order valence-corrected chi connectivity index (χ0v) is 14.5. The highest BCUT2D eigenvalue weighted by Gasteiger charge is 2.17. The first-order valence-electron chi connectivity index (χ1n) is 8.11. The van der Waals surface area contributed by atoms with E-state index >= 15 is 0 Å². The van der Waals surface area contributed by atoms with Gasteiger partial charge in [0.15, 0.2) is 11.5 Å². The number of anilines is 2. The molecule has 0 aliphatic rings. The molecule has 0 unspecified atom stereocenters. The summed E-state index contributed by atoms with van der Waals surface area (Å²) in [5.41, 5.74) is 4.33. The highest BCUT2D eigenvalue weighted by molar-refractivity contribution is 5.98. The van der Waals surface area contributed by atoms with E-state index in [-0.39, 0.29) is 5.82 Å². The smallest absolute Gasteiger partial charge is 0.261 e.